The number of nitrogens with two attached hydrogens (primary N) is 1. The number of nitrogen functional groups attached to an aromatic ring is 1. The first-order valence-corrected chi connectivity index (χ1v) is 13.2. The molecule has 0 spiro atoms. The number of alkyl halides is 2. The molecular formula is C21H24BrFN5O6P. The molecule has 0 saturated carbocycles. The fourth-order valence-corrected chi connectivity index (χ4v) is 6.20. The van der Waals surface area contributed by atoms with Gasteiger partial charge in [-0.25, -0.2) is 23.4 Å². The Kier molecular flexibility index (Phi) is 7.26. The molecule has 4 rings (SSSR count). The minimum absolute atomic E-state index is 0.0855. The summed E-state index contributed by atoms with van der Waals surface area (Å²) in [4.78, 5) is 19.7. The Labute approximate surface area is 208 Å². The second-order valence-corrected chi connectivity index (χ2v) is 11.5. The zero-order chi connectivity index (χ0) is 25.4. The second-order valence-electron chi connectivity index (χ2n) is 8.24. The van der Waals surface area contributed by atoms with Crippen LogP contribution in [0, 0.1) is 5.92 Å². The number of hydrogen-bond acceptors (Lipinski definition) is 10. The van der Waals surface area contributed by atoms with Gasteiger partial charge in [0.2, 0.25) is 4.58 Å². The van der Waals surface area contributed by atoms with Gasteiger partial charge in [-0.1, -0.05) is 25.1 Å². The number of nitrogens with zero attached hydrogens (tertiary/aromatic N) is 4. The van der Waals surface area contributed by atoms with Crippen LogP contribution in [0.1, 0.15) is 25.6 Å². The maximum Gasteiger partial charge on any atom is 0.379 e. The van der Waals surface area contributed by atoms with Crippen molar-refractivity contribution in [3.05, 3.63) is 48.5 Å². The Hall–Kier alpha value is -2.44. The molecule has 188 valence electrons. The number of halogens is 2. The average Bonchev–Trinajstić information content (AvgIpc) is 3.32. The lowest BCUT2D eigenvalue weighted by Gasteiger charge is -2.24. The molecule has 1 fully saturated rings. The number of carbonyl (C=O) groups excluding carboxylic acids is 1. The van der Waals surface area contributed by atoms with Gasteiger partial charge in [-0.15, -0.1) is 0 Å². The highest BCUT2D eigenvalue weighted by atomic mass is 79.9. The van der Waals surface area contributed by atoms with Gasteiger partial charge in [0.25, 0.3) is 0 Å². The number of imidazole rings is 1. The Morgan fingerprint density at radius 3 is 2.80 bits per heavy atom. The summed E-state index contributed by atoms with van der Waals surface area (Å²) < 4.78 is 45.0. The van der Waals surface area contributed by atoms with Crippen LogP contribution >= 0.6 is 23.5 Å². The number of para-hydroxylation sites is 1. The first-order valence-electron chi connectivity index (χ1n) is 10.7. The van der Waals surface area contributed by atoms with E-state index >= 15 is 4.39 Å². The summed E-state index contributed by atoms with van der Waals surface area (Å²) in [7, 11) is -3.90. The van der Waals surface area contributed by atoms with Gasteiger partial charge in [-0.05, 0) is 35.0 Å². The predicted octanol–water partition coefficient (Wildman–Crippen LogP) is 3.08. The summed E-state index contributed by atoms with van der Waals surface area (Å²) >= 11 is 2.92. The van der Waals surface area contributed by atoms with Crippen LogP contribution < -0.4 is 10.3 Å². The van der Waals surface area contributed by atoms with Crippen molar-refractivity contribution in [3.63, 3.8) is 0 Å². The normalized spacial score (nSPS) is 26.9. The molecule has 1 saturated heterocycles. The fraction of sp³-hybridized carbons (Fsp3) is 0.429. The van der Waals surface area contributed by atoms with Gasteiger partial charge >= 0.3 is 7.60 Å². The number of hydrogen-bond donors (Lipinski definition) is 2. The van der Waals surface area contributed by atoms with E-state index < -0.39 is 43.0 Å². The largest absolute Gasteiger partial charge is 0.424 e. The molecule has 1 aliphatic heterocycles. The van der Waals surface area contributed by atoms with Crippen LogP contribution in [-0.2, 0) is 18.6 Å². The molecule has 3 heterocycles. The van der Waals surface area contributed by atoms with Crippen molar-refractivity contribution in [2.45, 2.75) is 36.7 Å². The summed E-state index contributed by atoms with van der Waals surface area (Å²) in [6.07, 6.45) is -2.03. The number of aliphatic hydroxyl groups excluding tert-OH is 1. The van der Waals surface area contributed by atoms with Crippen LogP contribution in [0.2, 0.25) is 0 Å². The lowest BCUT2D eigenvalue weighted by Crippen LogP contribution is -2.37. The van der Waals surface area contributed by atoms with Gasteiger partial charge < -0.3 is 20.1 Å². The smallest absolute Gasteiger partial charge is 0.379 e. The minimum Gasteiger partial charge on any atom is -0.424 e. The van der Waals surface area contributed by atoms with E-state index in [9.17, 15) is 14.5 Å². The van der Waals surface area contributed by atoms with Crippen molar-refractivity contribution in [2.75, 3.05) is 18.5 Å². The number of ether oxygens (including phenoxy) is 1. The SMILES string of the molecule is CC(=O)[C@H](C)CP(=O)(OC[C@H]1O[C@@H](c2cnc3c(N)ncnn23)[C@@](F)(Br)C1O)Oc1ccccc1. The van der Waals surface area contributed by atoms with Gasteiger partial charge in [0.15, 0.2) is 11.5 Å². The third kappa shape index (κ3) is 5.24. The van der Waals surface area contributed by atoms with Crippen LogP contribution in [0.25, 0.3) is 5.65 Å². The number of aliphatic hydroxyl groups is 1. The summed E-state index contributed by atoms with van der Waals surface area (Å²) in [6.45, 7) is 2.50. The Morgan fingerprint density at radius 2 is 2.11 bits per heavy atom. The van der Waals surface area contributed by atoms with Crippen LogP contribution in [0.15, 0.2) is 42.9 Å². The van der Waals surface area contributed by atoms with Crippen molar-refractivity contribution in [3.8, 4) is 5.75 Å². The molecule has 2 unspecified atom stereocenters. The minimum atomic E-state index is -3.90. The number of carbonyl (C=O) groups is 1. The third-order valence-corrected chi connectivity index (χ3v) is 8.56. The van der Waals surface area contributed by atoms with Gasteiger partial charge in [0, 0.05) is 5.92 Å². The number of anilines is 1. The maximum absolute atomic E-state index is 15.6. The number of aromatic nitrogens is 4. The Bertz CT molecular complexity index is 1260. The van der Waals surface area contributed by atoms with E-state index in [0.29, 0.717) is 0 Å². The van der Waals surface area contributed by atoms with E-state index in [1.807, 2.05) is 0 Å². The first kappa shape index (κ1) is 25.6. The van der Waals surface area contributed by atoms with E-state index in [-0.39, 0.29) is 34.9 Å². The molecule has 1 aromatic carbocycles. The van der Waals surface area contributed by atoms with Crippen molar-refractivity contribution >= 4 is 40.8 Å². The highest BCUT2D eigenvalue weighted by Crippen LogP contribution is 2.53. The van der Waals surface area contributed by atoms with E-state index in [1.54, 1.807) is 37.3 Å². The van der Waals surface area contributed by atoms with Crippen molar-refractivity contribution < 1.29 is 32.6 Å². The molecule has 0 amide bonds. The zero-order valence-electron chi connectivity index (χ0n) is 18.8. The molecule has 0 radical (unpaired) electrons. The van der Waals surface area contributed by atoms with Crippen LogP contribution in [0.3, 0.4) is 0 Å². The van der Waals surface area contributed by atoms with E-state index in [1.165, 1.54) is 24.0 Å². The third-order valence-electron chi connectivity index (χ3n) is 5.65. The quantitative estimate of drug-likeness (QED) is 0.289. The Balaban J connectivity index is 1.55. The summed E-state index contributed by atoms with van der Waals surface area (Å²) in [5.74, 6) is -0.450. The van der Waals surface area contributed by atoms with Crippen LogP contribution in [0.4, 0.5) is 10.2 Å². The number of Topliss-reactive ketones (excluding diaryl/α,β-unsaturated/α-hetero) is 1. The zero-order valence-corrected chi connectivity index (χ0v) is 21.3. The summed E-state index contributed by atoms with van der Waals surface area (Å²) in [5.41, 5.74) is 6.16. The van der Waals surface area contributed by atoms with E-state index in [0.717, 1.165) is 0 Å². The molecule has 3 N–H and O–H groups in total. The summed E-state index contributed by atoms with van der Waals surface area (Å²) in [6, 6.07) is 8.33. The van der Waals surface area contributed by atoms with Crippen LogP contribution in [0.5, 0.6) is 5.75 Å². The molecule has 0 bridgehead atoms. The van der Waals surface area contributed by atoms with E-state index in [2.05, 4.69) is 31.0 Å². The van der Waals surface area contributed by atoms with Crippen molar-refractivity contribution in [2.24, 2.45) is 5.92 Å². The monoisotopic (exact) mass is 571 g/mol. The molecule has 3 aromatic rings. The Morgan fingerprint density at radius 1 is 1.40 bits per heavy atom. The number of ketones is 1. The molecule has 1 aliphatic rings. The highest BCUT2D eigenvalue weighted by molar-refractivity contribution is 9.10. The van der Waals surface area contributed by atoms with Crippen molar-refractivity contribution in [1.29, 1.82) is 0 Å². The van der Waals surface area contributed by atoms with Gasteiger partial charge in [0.05, 0.1) is 24.7 Å². The number of fused-ring (bicyclic) bond motifs is 1. The molecular weight excluding hydrogens is 548 g/mol. The van der Waals surface area contributed by atoms with Crippen molar-refractivity contribution in [1.82, 2.24) is 19.6 Å². The number of benzene rings is 1. The van der Waals surface area contributed by atoms with Gasteiger partial charge in [-0.3, -0.25) is 9.32 Å². The number of rotatable bonds is 9. The molecule has 2 aromatic heterocycles. The highest BCUT2D eigenvalue weighted by Gasteiger charge is 2.58. The molecule has 6 atom stereocenters. The molecule has 11 nitrogen and oxygen atoms in total. The fourth-order valence-electron chi connectivity index (χ4n) is 3.58. The molecule has 0 aliphatic carbocycles. The van der Waals surface area contributed by atoms with Crippen LogP contribution in [-0.4, -0.2) is 60.0 Å². The topological polar surface area (TPSA) is 151 Å². The average molecular weight is 572 g/mol. The summed E-state index contributed by atoms with van der Waals surface area (Å²) in [5, 5.41) is 14.7. The van der Waals surface area contributed by atoms with Gasteiger partial charge in [0.1, 0.15) is 36.2 Å². The first-order chi connectivity index (χ1) is 16.5. The molecule has 14 heteroatoms. The van der Waals surface area contributed by atoms with E-state index in [4.69, 9.17) is 19.5 Å². The standard InChI is InChI=1S/C21H24BrFN5O6P/c1-12(13(2)29)10-35(31,34-14-6-4-3-5-7-14)32-9-16-17(30)21(22,23)18(33-16)15-8-25-20-19(24)26-11-27-28(15)20/h3-8,11-12,16-18,30H,9-10H2,1-2H3,(H2,24,26,27)/t12-,16-,17?,18+,21-,35?/m1/s1. The molecule has 35 heavy (non-hydrogen) atoms. The lowest BCUT2D eigenvalue weighted by atomic mass is 10.1. The second kappa shape index (κ2) is 9.90. The van der Waals surface area contributed by atoms with Gasteiger partial charge in [-0.2, -0.15) is 5.10 Å². The maximum atomic E-state index is 15.6. The lowest BCUT2D eigenvalue weighted by molar-refractivity contribution is -0.119. The predicted molar refractivity (Wildman–Crippen MR) is 127 cm³/mol.